The van der Waals surface area contributed by atoms with Crippen LogP contribution in [0, 0.1) is 22.0 Å². The lowest BCUT2D eigenvalue weighted by atomic mass is 9.86. The van der Waals surface area contributed by atoms with Crippen molar-refractivity contribution < 1.29 is 53.5 Å². The summed E-state index contributed by atoms with van der Waals surface area (Å²) in [5.74, 6) is -1.55. The van der Waals surface area contributed by atoms with E-state index in [9.17, 15) is 39.5 Å². The van der Waals surface area contributed by atoms with Crippen LogP contribution in [0.15, 0.2) is 30.4 Å². The lowest BCUT2D eigenvalue weighted by molar-refractivity contribution is -0.757. The number of methoxy groups -OCH3 is 1. The van der Waals surface area contributed by atoms with Gasteiger partial charge in [0.15, 0.2) is 11.5 Å². The van der Waals surface area contributed by atoms with Crippen molar-refractivity contribution in [2.75, 3.05) is 26.9 Å². The minimum Gasteiger partial charge on any atom is -0.493 e. The third-order valence-electron chi connectivity index (χ3n) is 8.71. The summed E-state index contributed by atoms with van der Waals surface area (Å²) >= 11 is 0. The lowest BCUT2D eigenvalue weighted by Crippen LogP contribution is -2.31. The quantitative estimate of drug-likeness (QED) is 0.0290. The predicted octanol–water partition coefficient (Wildman–Crippen LogP) is 5.05. The number of aliphatic hydroxyl groups is 2. The maximum atomic E-state index is 12.4. The minimum atomic E-state index is -0.888. The monoisotopic (exact) mass is 706 g/mol. The summed E-state index contributed by atoms with van der Waals surface area (Å²) in [5.41, 5.74) is 0.151. The molecule has 0 radical (unpaired) electrons. The number of Topliss-reactive ketones (excluding diaryl/α,β-unsaturated/α-hetero) is 1. The van der Waals surface area contributed by atoms with Gasteiger partial charge >= 0.3 is 11.9 Å². The number of rotatable bonds is 26. The van der Waals surface area contributed by atoms with Gasteiger partial charge in [-0.25, -0.2) is 9.59 Å². The Kier molecular flexibility index (Phi) is 20.4. The lowest BCUT2D eigenvalue weighted by Gasteiger charge is -2.22. The molecule has 2 rings (SSSR count). The number of carbonyl (C=O) groups is 4. The van der Waals surface area contributed by atoms with Crippen molar-refractivity contribution in [1.82, 2.24) is 5.32 Å². The van der Waals surface area contributed by atoms with Crippen molar-refractivity contribution in [2.45, 2.75) is 115 Å². The van der Waals surface area contributed by atoms with Gasteiger partial charge in [0.1, 0.15) is 12.3 Å². The van der Waals surface area contributed by atoms with Crippen LogP contribution >= 0.6 is 0 Å². The van der Waals surface area contributed by atoms with E-state index in [1.807, 2.05) is 12.2 Å². The molecule has 0 aromatic heterocycles. The molecule has 0 aliphatic heterocycles. The normalized spacial score (nSPS) is 18.5. The average molecular weight is 707 g/mol. The van der Waals surface area contributed by atoms with Crippen LogP contribution in [-0.2, 0) is 24.0 Å². The molecule has 14 nitrogen and oxygen atoms in total. The van der Waals surface area contributed by atoms with Crippen LogP contribution in [0.5, 0.6) is 11.5 Å². The largest absolute Gasteiger partial charge is 0.493 e. The summed E-state index contributed by atoms with van der Waals surface area (Å²) in [4.78, 5) is 63.6. The molecule has 1 aliphatic rings. The first-order chi connectivity index (χ1) is 24.0. The number of esters is 2. The summed E-state index contributed by atoms with van der Waals surface area (Å²) in [7, 11) is 1.34. The van der Waals surface area contributed by atoms with Gasteiger partial charge < -0.3 is 34.6 Å². The molecule has 4 atom stereocenters. The average Bonchev–Trinajstić information content (AvgIpc) is 3.36. The second kappa shape index (κ2) is 24.2. The molecular formula is C36H54N2O12. The van der Waals surface area contributed by atoms with E-state index >= 15 is 0 Å². The van der Waals surface area contributed by atoms with Crippen LogP contribution in [0.4, 0.5) is 0 Å². The van der Waals surface area contributed by atoms with Crippen LogP contribution in [0.3, 0.4) is 0 Å². The molecule has 0 saturated heterocycles. The Bertz CT molecular complexity index is 1250. The van der Waals surface area contributed by atoms with Crippen molar-refractivity contribution in [3.05, 3.63) is 46.0 Å². The molecular weight excluding hydrogens is 652 g/mol. The van der Waals surface area contributed by atoms with Crippen molar-refractivity contribution in [1.29, 1.82) is 0 Å². The van der Waals surface area contributed by atoms with E-state index in [1.165, 1.54) is 38.2 Å². The van der Waals surface area contributed by atoms with Gasteiger partial charge in [0.25, 0.3) is 5.09 Å². The van der Waals surface area contributed by atoms with Crippen molar-refractivity contribution in [3.63, 3.8) is 0 Å². The highest BCUT2D eigenvalue weighted by molar-refractivity contribution is 5.90. The first-order valence-corrected chi connectivity index (χ1v) is 17.7. The highest BCUT2D eigenvalue weighted by Gasteiger charge is 2.40. The van der Waals surface area contributed by atoms with Gasteiger partial charge in [-0.2, -0.15) is 0 Å². The molecule has 1 saturated carbocycles. The van der Waals surface area contributed by atoms with Gasteiger partial charge in [-0.15, -0.1) is 10.1 Å². The highest BCUT2D eigenvalue weighted by Crippen LogP contribution is 2.38. The number of ketones is 1. The number of nitrogens with one attached hydrogen (secondary N) is 1. The maximum Gasteiger partial charge on any atom is 0.338 e. The maximum absolute atomic E-state index is 12.4. The zero-order chi connectivity index (χ0) is 36.7. The summed E-state index contributed by atoms with van der Waals surface area (Å²) < 4.78 is 15.6. The Balaban J connectivity index is 1.66. The predicted molar refractivity (Wildman–Crippen MR) is 183 cm³/mol. The smallest absolute Gasteiger partial charge is 0.338 e. The number of benzene rings is 1. The molecule has 0 heterocycles. The SMILES string of the molecule is CCCCCCCC(=O)CC[C@@H]1[C@@H](C/C=C\CCCC(=O)NCC(=O)Oc2ccc(C(=O)OCCCCO[N+](=O)[O-])cc2OC)[C@@H](O)C[C@H]1O. The molecule has 280 valence electrons. The highest BCUT2D eigenvalue weighted by atomic mass is 16.9. The fraction of sp³-hybridized carbons (Fsp3) is 0.667. The Labute approximate surface area is 294 Å². The van der Waals surface area contributed by atoms with E-state index in [0.717, 1.165) is 19.3 Å². The molecule has 1 fully saturated rings. The van der Waals surface area contributed by atoms with Gasteiger partial charge in [-0.05, 0) is 81.4 Å². The fourth-order valence-corrected chi connectivity index (χ4v) is 5.92. The first kappa shape index (κ1) is 42.1. The van der Waals surface area contributed by atoms with Gasteiger partial charge in [0.05, 0.1) is 38.1 Å². The second-order valence-corrected chi connectivity index (χ2v) is 12.6. The van der Waals surface area contributed by atoms with Crippen LogP contribution in [0.2, 0.25) is 0 Å². The summed E-state index contributed by atoms with van der Waals surface area (Å²) in [6.07, 6.45) is 12.7. The molecule has 1 aromatic carbocycles. The standard InChI is InChI=1S/C36H54N2O12/c1-3-4-5-6-9-14-27(39)18-19-29-28(30(40)24-31(29)41)15-10-7-8-11-16-34(42)37-25-35(43)50-32-20-17-26(23-33(32)47-2)36(44)48-21-12-13-22-49-38(45)46/h7,10,17,20,23,28-31,40-41H,3-6,8-9,11-16,18-19,21-22,24-25H2,1-2H3,(H,37,42)/b10-7-/t28-,29-,30+,31-/m1/s1. The molecule has 0 unspecified atom stereocenters. The van der Waals surface area contributed by atoms with E-state index < -0.39 is 29.2 Å². The molecule has 50 heavy (non-hydrogen) atoms. The molecule has 1 amide bonds. The number of hydrogen-bond acceptors (Lipinski definition) is 12. The van der Waals surface area contributed by atoms with E-state index in [2.05, 4.69) is 17.1 Å². The first-order valence-electron chi connectivity index (χ1n) is 17.7. The van der Waals surface area contributed by atoms with Crippen molar-refractivity contribution >= 4 is 23.6 Å². The van der Waals surface area contributed by atoms with Crippen LogP contribution < -0.4 is 14.8 Å². The topological polar surface area (TPSA) is 201 Å². The van der Waals surface area contributed by atoms with E-state index in [0.29, 0.717) is 57.8 Å². The number of amides is 1. The van der Waals surface area contributed by atoms with E-state index in [1.54, 1.807) is 0 Å². The van der Waals surface area contributed by atoms with Gasteiger partial charge in [0.2, 0.25) is 5.91 Å². The molecule has 3 N–H and O–H groups in total. The van der Waals surface area contributed by atoms with Crippen molar-refractivity contribution in [2.24, 2.45) is 11.8 Å². The number of nitrogens with zero attached hydrogens (tertiary/aromatic N) is 1. The number of carbonyl (C=O) groups excluding carboxylic acids is 4. The molecule has 0 bridgehead atoms. The summed E-state index contributed by atoms with van der Waals surface area (Å²) in [6.45, 7) is 1.73. The Morgan fingerprint density at radius 3 is 2.40 bits per heavy atom. The van der Waals surface area contributed by atoms with E-state index in [-0.39, 0.29) is 66.8 Å². The molecule has 0 spiro atoms. The van der Waals surface area contributed by atoms with Gasteiger partial charge in [-0.1, -0.05) is 44.8 Å². The Morgan fingerprint density at radius 2 is 1.66 bits per heavy atom. The Hall–Kier alpha value is -4.04. The van der Waals surface area contributed by atoms with Gasteiger partial charge in [0, 0.05) is 19.3 Å². The number of aliphatic hydroxyl groups excluding tert-OH is 2. The number of hydrogen-bond donors (Lipinski definition) is 3. The third-order valence-corrected chi connectivity index (χ3v) is 8.71. The van der Waals surface area contributed by atoms with Crippen molar-refractivity contribution in [3.8, 4) is 11.5 Å². The molecule has 1 aromatic rings. The minimum absolute atomic E-state index is 0.0362. The summed E-state index contributed by atoms with van der Waals surface area (Å²) in [6, 6.07) is 4.11. The number of allylic oxidation sites excluding steroid dienone is 2. The van der Waals surface area contributed by atoms with E-state index in [4.69, 9.17) is 14.2 Å². The second-order valence-electron chi connectivity index (χ2n) is 12.6. The molecule has 1 aliphatic carbocycles. The third kappa shape index (κ3) is 16.6. The van der Waals surface area contributed by atoms with Crippen LogP contribution in [-0.4, -0.2) is 78.0 Å². The number of unbranched alkanes of at least 4 members (excludes halogenated alkanes) is 6. The Morgan fingerprint density at radius 1 is 0.920 bits per heavy atom. The number of ether oxygens (including phenoxy) is 3. The van der Waals surface area contributed by atoms with Crippen LogP contribution in [0.25, 0.3) is 0 Å². The zero-order valence-corrected chi connectivity index (χ0v) is 29.3. The van der Waals surface area contributed by atoms with Gasteiger partial charge in [-0.3, -0.25) is 9.59 Å². The molecule has 14 heteroatoms. The zero-order valence-electron chi connectivity index (χ0n) is 29.3. The fourth-order valence-electron chi connectivity index (χ4n) is 5.92. The van der Waals surface area contributed by atoms with Crippen LogP contribution in [0.1, 0.15) is 114 Å². The summed E-state index contributed by atoms with van der Waals surface area (Å²) in [5, 5.41) is 32.8.